The number of hydrogen-bond acceptors (Lipinski definition) is 6. The van der Waals surface area contributed by atoms with E-state index in [-0.39, 0.29) is 37.1 Å². The lowest BCUT2D eigenvalue weighted by atomic mass is 10.2. The van der Waals surface area contributed by atoms with Crippen molar-refractivity contribution in [3.63, 3.8) is 0 Å². The molecule has 1 saturated heterocycles. The zero-order valence-corrected chi connectivity index (χ0v) is 15.8. The smallest absolute Gasteiger partial charge is 0.275 e. The summed E-state index contributed by atoms with van der Waals surface area (Å²) in [6.07, 6.45) is 0.572. The number of thiophene rings is 1. The second kappa shape index (κ2) is 7.42. The lowest BCUT2D eigenvalue weighted by molar-refractivity contribution is -0.139. The van der Waals surface area contributed by atoms with Gasteiger partial charge in [0.2, 0.25) is 11.8 Å². The van der Waals surface area contributed by atoms with Crippen LogP contribution in [-0.2, 0) is 16.1 Å². The van der Waals surface area contributed by atoms with Gasteiger partial charge in [-0.2, -0.15) is 0 Å². The molecule has 1 aliphatic heterocycles. The highest BCUT2D eigenvalue weighted by molar-refractivity contribution is 7.20. The largest absolute Gasteiger partial charge is 0.321 e. The van der Waals surface area contributed by atoms with Crippen molar-refractivity contribution in [2.45, 2.75) is 19.4 Å². The molecule has 2 aromatic heterocycles. The van der Waals surface area contributed by atoms with Crippen molar-refractivity contribution in [3.05, 3.63) is 58.4 Å². The third-order valence-electron chi connectivity index (χ3n) is 4.18. The second-order valence-electron chi connectivity index (χ2n) is 6.04. The van der Waals surface area contributed by atoms with Gasteiger partial charge in [-0.25, -0.2) is 4.98 Å². The normalized spacial score (nSPS) is 14.0. The number of likely N-dealkylation sites (tertiary alicyclic amines) is 1. The number of hydrogen-bond donors (Lipinski definition) is 1. The standard InChI is InChI=1S/C19H15N3O3S2/c23-16-7-8-17(24)22(16)10-12-3-5-13(6-4-12)20-18(25)14-11-27-19(21-14)15-2-1-9-26-15/h1-6,9,11H,7-8,10H2,(H,20,25). The number of aromatic nitrogens is 1. The number of thiazole rings is 1. The van der Waals surface area contributed by atoms with Crippen LogP contribution in [0, 0.1) is 0 Å². The fourth-order valence-electron chi connectivity index (χ4n) is 2.76. The number of carbonyl (C=O) groups is 3. The number of carbonyl (C=O) groups excluding carboxylic acids is 3. The molecule has 8 heteroatoms. The predicted octanol–water partition coefficient (Wildman–Crippen LogP) is 3.77. The minimum absolute atomic E-state index is 0.137. The van der Waals surface area contributed by atoms with E-state index in [9.17, 15) is 14.4 Å². The van der Waals surface area contributed by atoms with Gasteiger partial charge in [0.15, 0.2) is 0 Å². The molecule has 0 bridgehead atoms. The molecule has 27 heavy (non-hydrogen) atoms. The van der Waals surface area contributed by atoms with Gasteiger partial charge < -0.3 is 5.32 Å². The zero-order chi connectivity index (χ0) is 18.8. The molecule has 0 atom stereocenters. The van der Waals surface area contributed by atoms with E-state index in [1.165, 1.54) is 16.2 Å². The van der Waals surface area contributed by atoms with Gasteiger partial charge in [0.05, 0.1) is 11.4 Å². The monoisotopic (exact) mass is 397 g/mol. The summed E-state index contributed by atoms with van der Waals surface area (Å²) in [7, 11) is 0. The van der Waals surface area contributed by atoms with Gasteiger partial charge in [0.1, 0.15) is 10.7 Å². The molecular weight excluding hydrogens is 382 g/mol. The van der Waals surface area contributed by atoms with E-state index >= 15 is 0 Å². The van der Waals surface area contributed by atoms with Gasteiger partial charge in [-0.3, -0.25) is 19.3 Å². The number of imide groups is 1. The molecule has 4 rings (SSSR count). The van der Waals surface area contributed by atoms with E-state index in [0.717, 1.165) is 15.4 Å². The van der Waals surface area contributed by atoms with E-state index < -0.39 is 0 Å². The quantitative estimate of drug-likeness (QED) is 0.665. The topological polar surface area (TPSA) is 79.4 Å². The summed E-state index contributed by atoms with van der Waals surface area (Å²) < 4.78 is 0. The van der Waals surface area contributed by atoms with Crippen LogP contribution in [0.5, 0.6) is 0 Å². The zero-order valence-electron chi connectivity index (χ0n) is 14.2. The Hall–Kier alpha value is -2.84. The number of rotatable bonds is 5. The second-order valence-corrected chi connectivity index (χ2v) is 7.85. The maximum absolute atomic E-state index is 12.4. The van der Waals surface area contributed by atoms with E-state index in [1.807, 2.05) is 17.5 Å². The molecule has 6 nitrogen and oxygen atoms in total. The van der Waals surface area contributed by atoms with Crippen molar-refractivity contribution < 1.29 is 14.4 Å². The molecule has 1 aromatic carbocycles. The third-order valence-corrected chi connectivity index (χ3v) is 6.06. The summed E-state index contributed by atoms with van der Waals surface area (Å²) in [6, 6.07) is 11.0. The Bertz CT molecular complexity index is 978. The number of anilines is 1. The maximum atomic E-state index is 12.4. The first-order chi connectivity index (χ1) is 13.1. The Morgan fingerprint density at radius 3 is 2.48 bits per heavy atom. The molecule has 136 valence electrons. The van der Waals surface area contributed by atoms with Crippen LogP contribution < -0.4 is 5.32 Å². The Balaban J connectivity index is 1.40. The molecule has 0 saturated carbocycles. The van der Waals surface area contributed by atoms with E-state index in [2.05, 4.69) is 10.3 Å². The molecular formula is C19H15N3O3S2. The maximum Gasteiger partial charge on any atom is 0.275 e. The average Bonchev–Trinajstić information content (AvgIpc) is 3.40. The van der Waals surface area contributed by atoms with Crippen LogP contribution in [0.3, 0.4) is 0 Å². The van der Waals surface area contributed by atoms with Crippen LogP contribution in [0.1, 0.15) is 28.9 Å². The highest BCUT2D eigenvalue weighted by atomic mass is 32.1. The Morgan fingerprint density at radius 1 is 1.07 bits per heavy atom. The minimum Gasteiger partial charge on any atom is -0.321 e. The van der Waals surface area contributed by atoms with Crippen LogP contribution in [0.25, 0.3) is 9.88 Å². The van der Waals surface area contributed by atoms with Gasteiger partial charge >= 0.3 is 0 Å². The summed E-state index contributed by atoms with van der Waals surface area (Å²) in [5.41, 5.74) is 1.85. The van der Waals surface area contributed by atoms with Crippen molar-refractivity contribution in [1.82, 2.24) is 9.88 Å². The van der Waals surface area contributed by atoms with Crippen LogP contribution >= 0.6 is 22.7 Å². The lowest BCUT2D eigenvalue weighted by Gasteiger charge is -2.14. The SMILES string of the molecule is O=C(Nc1ccc(CN2C(=O)CCC2=O)cc1)c1csc(-c2cccs2)n1. The molecule has 3 heterocycles. The highest BCUT2D eigenvalue weighted by Crippen LogP contribution is 2.28. The third kappa shape index (κ3) is 3.81. The molecule has 1 aliphatic rings. The lowest BCUT2D eigenvalue weighted by Crippen LogP contribution is -2.28. The molecule has 1 fully saturated rings. The first-order valence-electron chi connectivity index (χ1n) is 8.33. The van der Waals surface area contributed by atoms with Crippen molar-refractivity contribution in [1.29, 1.82) is 0 Å². The van der Waals surface area contributed by atoms with Crippen LogP contribution in [-0.4, -0.2) is 27.6 Å². The van der Waals surface area contributed by atoms with E-state index in [0.29, 0.717) is 11.4 Å². The van der Waals surface area contributed by atoms with Gasteiger partial charge in [-0.1, -0.05) is 18.2 Å². The fourth-order valence-corrected chi connectivity index (χ4v) is 4.38. The van der Waals surface area contributed by atoms with Crippen LogP contribution in [0.15, 0.2) is 47.2 Å². The number of nitrogens with zero attached hydrogens (tertiary/aromatic N) is 2. The van der Waals surface area contributed by atoms with Gasteiger partial charge in [0, 0.05) is 23.9 Å². The molecule has 0 aliphatic carbocycles. The molecule has 0 spiro atoms. The molecule has 0 unspecified atom stereocenters. The van der Waals surface area contributed by atoms with Crippen molar-refractivity contribution in [2.24, 2.45) is 0 Å². The molecule has 3 amide bonds. The first-order valence-corrected chi connectivity index (χ1v) is 10.1. The summed E-state index contributed by atoms with van der Waals surface area (Å²) in [5, 5.41) is 7.35. The Morgan fingerprint density at radius 2 is 1.81 bits per heavy atom. The summed E-state index contributed by atoms with van der Waals surface area (Å²) in [4.78, 5) is 42.5. The molecule has 3 aromatic rings. The van der Waals surface area contributed by atoms with Crippen LogP contribution in [0.4, 0.5) is 5.69 Å². The number of benzene rings is 1. The predicted molar refractivity (Wildman–Crippen MR) is 105 cm³/mol. The highest BCUT2D eigenvalue weighted by Gasteiger charge is 2.28. The summed E-state index contributed by atoms with van der Waals surface area (Å²) in [6.45, 7) is 0.266. The van der Waals surface area contributed by atoms with Crippen LogP contribution in [0.2, 0.25) is 0 Å². The van der Waals surface area contributed by atoms with Gasteiger partial charge in [-0.15, -0.1) is 22.7 Å². The molecule has 1 N–H and O–H groups in total. The van der Waals surface area contributed by atoms with Crippen molar-refractivity contribution >= 4 is 46.1 Å². The van der Waals surface area contributed by atoms with Gasteiger partial charge in [0.25, 0.3) is 5.91 Å². The summed E-state index contributed by atoms with van der Waals surface area (Å²) >= 11 is 3.02. The fraction of sp³-hybridized carbons (Fsp3) is 0.158. The average molecular weight is 397 g/mol. The molecule has 0 radical (unpaired) electrons. The first kappa shape index (κ1) is 17.6. The number of nitrogens with one attached hydrogen (secondary N) is 1. The van der Waals surface area contributed by atoms with Crippen molar-refractivity contribution in [2.75, 3.05) is 5.32 Å². The van der Waals surface area contributed by atoms with Gasteiger partial charge in [-0.05, 0) is 29.1 Å². The number of amides is 3. The van der Waals surface area contributed by atoms with E-state index in [4.69, 9.17) is 0 Å². The van der Waals surface area contributed by atoms with Crippen molar-refractivity contribution in [3.8, 4) is 9.88 Å². The Kier molecular flexibility index (Phi) is 4.83. The Labute approximate surface area is 163 Å². The van der Waals surface area contributed by atoms with E-state index in [1.54, 1.807) is 41.0 Å². The minimum atomic E-state index is -0.272. The summed E-state index contributed by atoms with van der Waals surface area (Å²) in [5.74, 6) is -0.545.